The van der Waals surface area contributed by atoms with Crippen molar-refractivity contribution in [3.63, 3.8) is 0 Å². The third-order valence-corrected chi connectivity index (χ3v) is 2.46. The van der Waals surface area contributed by atoms with E-state index in [0.717, 1.165) is 19.3 Å². The molecule has 1 saturated carbocycles. The zero-order chi connectivity index (χ0) is 8.32. The Morgan fingerprint density at radius 1 is 1.55 bits per heavy atom. The van der Waals surface area contributed by atoms with Gasteiger partial charge in [-0.25, -0.2) is 0 Å². The van der Waals surface area contributed by atoms with Crippen LogP contribution in [-0.4, -0.2) is 21.9 Å². The van der Waals surface area contributed by atoms with Crippen LogP contribution in [0.1, 0.15) is 32.1 Å². The van der Waals surface area contributed by atoms with Gasteiger partial charge in [0.1, 0.15) is 0 Å². The largest absolute Gasteiger partial charge is 0.390 e. The highest BCUT2D eigenvalue weighted by Crippen LogP contribution is 2.31. The zero-order valence-electron chi connectivity index (χ0n) is 6.79. The second-order valence-electron chi connectivity index (χ2n) is 3.36. The highest BCUT2D eigenvalue weighted by molar-refractivity contribution is 4.94. The van der Waals surface area contributed by atoms with Gasteiger partial charge in [-0.1, -0.05) is 18.9 Å². The number of hydrogen-bond acceptors (Lipinski definition) is 2. The molecule has 0 heterocycles. The van der Waals surface area contributed by atoms with Crippen LogP contribution in [-0.2, 0) is 0 Å². The summed E-state index contributed by atoms with van der Waals surface area (Å²) < 4.78 is 0. The predicted octanol–water partition coefficient (Wildman–Crippen LogP) is 1.23. The van der Waals surface area contributed by atoms with Gasteiger partial charge in [0, 0.05) is 0 Å². The third kappa shape index (κ3) is 1.82. The van der Waals surface area contributed by atoms with Crippen LogP contribution in [0.25, 0.3) is 0 Å². The molecule has 11 heavy (non-hydrogen) atoms. The van der Waals surface area contributed by atoms with Crippen molar-refractivity contribution >= 4 is 0 Å². The number of aliphatic hydroxyl groups is 2. The lowest BCUT2D eigenvalue weighted by atomic mass is 9.80. The van der Waals surface area contributed by atoms with Crippen LogP contribution in [0.3, 0.4) is 0 Å². The minimum Gasteiger partial charge on any atom is -0.390 e. The molecular formula is C9H16O2. The van der Waals surface area contributed by atoms with Crippen LogP contribution >= 0.6 is 0 Å². The van der Waals surface area contributed by atoms with E-state index in [0.29, 0.717) is 12.8 Å². The van der Waals surface area contributed by atoms with Crippen molar-refractivity contribution in [1.29, 1.82) is 0 Å². The summed E-state index contributed by atoms with van der Waals surface area (Å²) in [5, 5.41) is 19.3. The van der Waals surface area contributed by atoms with E-state index in [4.69, 9.17) is 0 Å². The molecular weight excluding hydrogens is 140 g/mol. The Labute approximate surface area is 67.6 Å². The lowest BCUT2D eigenvalue weighted by Gasteiger charge is -2.36. The second-order valence-corrected chi connectivity index (χ2v) is 3.36. The van der Waals surface area contributed by atoms with E-state index in [1.165, 1.54) is 0 Å². The highest BCUT2D eigenvalue weighted by atomic mass is 16.3. The summed E-state index contributed by atoms with van der Waals surface area (Å²) in [7, 11) is 0. The Bertz CT molecular complexity index is 144. The van der Waals surface area contributed by atoms with Gasteiger partial charge in [0.25, 0.3) is 0 Å². The summed E-state index contributed by atoms with van der Waals surface area (Å²) in [5.74, 6) is 0. The fourth-order valence-corrected chi connectivity index (χ4v) is 1.69. The highest BCUT2D eigenvalue weighted by Gasteiger charge is 2.36. The van der Waals surface area contributed by atoms with Crippen LogP contribution < -0.4 is 0 Å². The molecule has 2 heteroatoms. The number of hydrogen-bond donors (Lipinski definition) is 2. The maximum Gasteiger partial charge on any atom is 0.0939 e. The van der Waals surface area contributed by atoms with Crippen LogP contribution in [0, 0.1) is 0 Å². The quantitative estimate of drug-likeness (QED) is 0.590. The molecule has 2 N–H and O–H groups in total. The van der Waals surface area contributed by atoms with Gasteiger partial charge in [-0.3, -0.25) is 0 Å². The van der Waals surface area contributed by atoms with Crippen molar-refractivity contribution in [2.24, 2.45) is 0 Å². The molecule has 1 aliphatic carbocycles. The van der Waals surface area contributed by atoms with Crippen LogP contribution in [0.15, 0.2) is 12.7 Å². The molecule has 0 bridgehead atoms. The molecule has 0 spiro atoms. The van der Waals surface area contributed by atoms with E-state index in [1.807, 2.05) is 0 Å². The molecule has 0 aromatic carbocycles. The average Bonchev–Trinajstić information content (AvgIpc) is 1.96. The molecule has 0 aliphatic heterocycles. The van der Waals surface area contributed by atoms with Gasteiger partial charge in [-0.05, 0) is 19.3 Å². The number of rotatable bonds is 2. The average molecular weight is 156 g/mol. The molecule has 2 nitrogen and oxygen atoms in total. The first-order valence-electron chi connectivity index (χ1n) is 4.20. The van der Waals surface area contributed by atoms with Gasteiger partial charge in [0.15, 0.2) is 0 Å². The summed E-state index contributed by atoms with van der Waals surface area (Å²) in [5.41, 5.74) is -0.875. The SMILES string of the molecule is C=CC[C@]1(O)CCCC[C@@H]1O. The van der Waals surface area contributed by atoms with Crippen LogP contribution in [0.5, 0.6) is 0 Å². The Morgan fingerprint density at radius 3 is 2.82 bits per heavy atom. The lowest BCUT2D eigenvalue weighted by Crippen LogP contribution is -2.44. The molecule has 64 valence electrons. The maximum atomic E-state index is 9.82. The van der Waals surface area contributed by atoms with Gasteiger partial charge in [-0.2, -0.15) is 0 Å². The fourth-order valence-electron chi connectivity index (χ4n) is 1.69. The molecule has 1 aliphatic rings. The van der Waals surface area contributed by atoms with E-state index in [2.05, 4.69) is 6.58 Å². The van der Waals surface area contributed by atoms with Crippen LogP contribution in [0.4, 0.5) is 0 Å². The normalized spacial score (nSPS) is 38.5. The van der Waals surface area contributed by atoms with Crippen molar-refractivity contribution < 1.29 is 10.2 Å². The molecule has 0 aromatic heterocycles. The second kappa shape index (κ2) is 3.37. The Kier molecular flexibility index (Phi) is 2.68. The molecule has 2 atom stereocenters. The summed E-state index contributed by atoms with van der Waals surface area (Å²) in [6, 6.07) is 0. The summed E-state index contributed by atoms with van der Waals surface area (Å²) in [6.07, 6.45) is 5.11. The molecule has 0 unspecified atom stereocenters. The Morgan fingerprint density at radius 2 is 2.27 bits per heavy atom. The molecule has 0 radical (unpaired) electrons. The topological polar surface area (TPSA) is 40.5 Å². The van der Waals surface area contributed by atoms with E-state index in [-0.39, 0.29) is 0 Å². The smallest absolute Gasteiger partial charge is 0.0939 e. The van der Waals surface area contributed by atoms with E-state index in [1.54, 1.807) is 6.08 Å². The summed E-state index contributed by atoms with van der Waals surface area (Å²) in [4.78, 5) is 0. The first-order chi connectivity index (χ1) is 5.19. The van der Waals surface area contributed by atoms with Gasteiger partial charge >= 0.3 is 0 Å². The van der Waals surface area contributed by atoms with E-state index in [9.17, 15) is 10.2 Å². The Balaban J connectivity index is 2.56. The first kappa shape index (κ1) is 8.75. The lowest BCUT2D eigenvalue weighted by molar-refractivity contribution is -0.0971. The number of aliphatic hydroxyl groups excluding tert-OH is 1. The minimum absolute atomic E-state index is 0.508. The molecule has 0 aromatic rings. The van der Waals surface area contributed by atoms with Crippen molar-refractivity contribution in [1.82, 2.24) is 0 Å². The van der Waals surface area contributed by atoms with Gasteiger partial charge < -0.3 is 10.2 Å². The van der Waals surface area contributed by atoms with Gasteiger partial charge in [-0.15, -0.1) is 6.58 Å². The Hall–Kier alpha value is -0.340. The molecule has 0 saturated heterocycles. The van der Waals surface area contributed by atoms with Gasteiger partial charge in [0.2, 0.25) is 0 Å². The monoisotopic (exact) mass is 156 g/mol. The standard InChI is InChI=1S/C9H16O2/c1-2-6-9(11)7-4-3-5-8(9)10/h2,8,10-11H,1,3-7H2/t8-,9-/m0/s1. The predicted molar refractivity (Wildman–Crippen MR) is 44.2 cm³/mol. The van der Waals surface area contributed by atoms with E-state index < -0.39 is 11.7 Å². The van der Waals surface area contributed by atoms with Crippen molar-refractivity contribution in [2.75, 3.05) is 0 Å². The summed E-state index contributed by atoms with van der Waals surface area (Å²) in [6.45, 7) is 3.56. The van der Waals surface area contributed by atoms with Crippen molar-refractivity contribution in [3.8, 4) is 0 Å². The maximum absolute atomic E-state index is 9.82. The van der Waals surface area contributed by atoms with Crippen LogP contribution in [0.2, 0.25) is 0 Å². The van der Waals surface area contributed by atoms with Crippen molar-refractivity contribution in [3.05, 3.63) is 12.7 Å². The fraction of sp³-hybridized carbons (Fsp3) is 0.778. The van der Waals surface area contributed by atoms with Gasteiger partial charge in [0.05, 0.1) is 11.7 Å². The molecule has 1 fully saturated rings. The molecule has 0 amide bonds. The first-order valence-corrected chi connectivity index (χ1v) is 4.20. The molecule has 1 rings (SSSR count). The minimum atomic E-state index is -0.875. The van der Waals surface area contributed by atoms with E-state index >= 15 is 0 Å². The van der Waals surface area contributed by atoms with Crippen molar-refractivity contribution in [2.45, 2.75) is 43.8 Å². The summed E-state index contributed by atoms with van der Waals surface area (Å²) >= 11 is 0. The zero-order valence-corrected chi connectivity index (χ0v) is 6.79. The third-order valence-electron chi connectivity index (χ3n) is 2.46.